The summed E-state index contributed by atoms with van der Waals surface area (Å²) < 4.78 is 0. The van der Waals surface area contributed by atoms with E-state index >= 15 is 0 Å². The van der Waals surface area contributed by atoms with Gasteiger partial charge in [-0.05, 0) is 71.9 Å². The molecule has 4 rings (SSSR count). The van der Waals surface area contributed by atoms with Crippen LogP contribution in [0.1, 0.15) is 28.7 Å². The van der Waals surface area contributed by atoms with Crippen molar-refractivity contribution in [2.45, 2.75) is 32.4 Å². The van der Waals surface area contributed by atoms with Crippen molar-refractivity contribution in [1.82, 2.24) is 5.32 Å². The molecule has 3 aromatic rings. The second-order valence-corrected chi connectivity index (χ2v) is 8.54. The fraction of sp³-hybridized carbons (Fsp3) is 0.250. The summed E-state index contributed by atoms with van der Waals surface area (Å²) >= 11 is 0. The highest BCUT2D eigenvalue weighted by Crippen LogP contribution is 2.29. The molecule has 1 amide bonds. The Balaban J connectivity index is 1.43. The summed E-state index contributed by atoms with van der Waals surface area (Å²) in [4.78, 5) is 12.9. The van der Waals surface area contributed by atoms with Crippen molar-refractivity contribution in [3.63, 3.8) is 0 Å². The van der Waals surface area contributed by atoms with E-state index < -0.39 is 0 Å². The molecule has 0 saturated heterocycles. The lowest BCUT2D eigenvalue weighted by Crippen LogP contribution is -2.35. The molecule has 33 heavy (non-hydrogen) atoms. The van der Waals surface area contributed by atoms with Gasteiger partial charge in [-0.1, -0.05) is 54.1 Å². The normalized spacial score (nSPS) is 12.9. The number of amides is 1. The second-order valence-electron chi connectivity index (χ2n) is 8.54. The van der Waals surface area contributed by atoms with Crippen molar-refractivity contribution in [2.24, 2.45) is 0 Å². The fourth-order valence-corrected chi connectivity index (χ4v) is 3.96. The van der Waals surface area contributed by atoms with E-state index in [1.807, 2.05) is 30.3 Å². The Kier molecular flexibility index (Phi) is 7.35. The minimum atomic E-state index is -0.336. The molecule has 0 aromatic heterocycles. The van der Waals surface area contributed by atoms with E-state index in [1.165, 1.54) is 16.7 Å². The van der Waals surface area contributed by atoms with Crippen LogP contribution in [-0.2, 0) is 17.8 Å². The molecule has 1 aliphatic carbocycles. The minimum absolute atomic E-state index is 0.0760. The maximum Gasteiger partial charge on any atom is 0.251 e. The number of anilines is 1. The molecular weight excluding hydrogens is 412 g/mol. The smallest absolute Gasteiger partial charge is 0.251 e. The van der Waals surface area contributed by atoms with Crippen LogP contribution in [0.5, 0.6) is 0 Å². The first-order valence-corrected chi connectivity index (χ1v) is 11.3. The summed E-state index contributed by atoms with van der Waals surface area (Å²) in [6.45, 7) is 2.38. The standard InChI is InChI=1S/C28H30N2O3/c1-19-2-6-21(7-3-19)23-10-8-22-9-11-24(15-25(22)14-23)28(33)30-26-12-4-20(5-13-26)16-29-27(17-31)18-32/h2-8,10,12-15,27,29,31-32H,9,11,16-18H2,1H3,(H,30,33). The summed E-state index contributed by atoms with van der Waals surface area (Å²) in [5.74, 6) is -0.0760. The maximum absolute atomic E-state index is 12.9. The van der Waals surface area contributed by atoms with Crippen LogP contribution in [0.4, 0.5) is 5.69 Å². The number of hydrogen-bond acceptors (Lipinski definition) is 4. The van der Waals surface area contributed by atoms with Crippen LogP contribution in [0.25, 0.3) is 17.2 Å². The lowest BCUT2D eigenvalue weighted by atomic mass is 9.89. The van der Waals surface area contributed by atoms with Gasteiger partial charge in [0.1, 0.15) is 0 Å². The van der Waals surface area contributed by atoms with Crippen LogP contribution in [0.3, 0.4) is 0 Å². The van der Waals surface area contributed by atoms with Gasteiger partial charge in [0, 0.05) is 17.8 Å². The summed E-state index contributed by atoms with van der Waals surface area (Å²) in [7, 11) is 0. The predicted octanol–water partition coefficient (Wildman–Crippen LogP) is 4.07. The Hall–Kier alpha value is -3.25. The Morgan fingerprint density at radius 2 is 1.61 bits per heavy atom. The SMILES string of the molecule is Cc1ccc(-c2ccc3c(c2)C=C(C(=O)Nc2ccc(CNC(CO)CO)cc2)CC3)cc1. The molecule has 0 bridgehead atoms. The molecule has 0 unspecified atom stereocenters. The summed E-state index contributed by atoms with van der Waals surface area (Å²) in [6, 6.07) is 22.2. The molecule has 4 N–H and O–H groups in total. The van der Waals surface area contributed by atoms with Gasteiger partial charge in [-0.25, -0.2) is 0 Å². The van der Waals surface area contributed by atoms with Crippen molar-refractivity contribution >= 4 is 17.7 Å². The third kappa shape index (κ3) is 5.76. The number of carbonyl (C=O) groups excluding carboxylic acids is 1. The topological polar surface area (TPSA) is 81.6 Å². The van der Waals surface area contributed by atoms with Crippen LogP contribution >= 0.6 is 0 Å². The quantitative estimate of drug-likeness (QED) is 0.424. The monoisotopic (exact) mass is 442 g/mol. The van der Waals surface area contributed by atoms with E-state index in [2.05, 4.69) is 60.0 Å². The van der Waals surface area contributed by atoms with Crippen molar-refractivity contribution in [3.05, 3.63) is 94.6 Å². The lowest BCUT2D eigenvalue weighted by molar-refractivity contribution is -0.112. The van der Waals surface area contributed by atoms with Gasteiger partial charge in [0.05, 0.1) is 19.3 Å². The number of benzene rings is 3. The number of rotatable bonds is 8. The lowest BCUT2D eigenvalue weighted by Gasteiger charge is -2.18. The number of hydrogen-bond donors (Lipinski definition) is 4. The number of aliphatic hydroxyl groups excluding tert-OH is 2. The number of carbonyl (C=O) groups is 1. The third-order valence-electron chi connectivity index (χ3n) is 6.06. The van der Waals surface area contributed by atoms with E-state index in [9.17, 15) is 4.79 Å². The Morgan fingerprint density at radius 3 is 2.30 bits per heavy atom. The molecule has 0 radical (unpaired) electrons. The van der Waals surface area contributed by atoms with Crippen molar-refractivity contribution in [1.29, 1.82) is 0 Å². The Morgan fingerprint density at radius 1 is 0.909 bits per heavy atom. The van der Waals surface area contributed by atoms with E-state index in [0.29, 0.717) is 13.0 Å². The van der Waals surface area contributed by atoms with Crippen LogP contribution in [0.2, 0.25) is 0 Å². The zero-order chi connectivity index (χ0) is 23.2. The van der Waals surface area contributed by atoms with Crippen LogP contribution < -0.4 is 10.6 Å². The molecule has 0 atom stereocenters. The van der Waals surface area contributed by atoms with Crippen molar-refractivity contribution < 1.29 is 15.0 Å². The van der Waals surface area contributed by atoms with Gasteiger partial charge >= 0.3 is 0 Å². The van der Waals surface area contributed by atoms with Crippen molar-refractivity contribution in [3.8, 4) is 11.1 Å². The van der Waals surface area contributed by atoms with Gasteiger partial charge < -0.3 is 20.8 Å². The largest absolute Gasteiger partial charge is 0.395 e. The molecule has 5 heteroatoms. The van der Waals surface area contributed by atoms with E-state index in [1.54, 1.807) is 0 Å². The van der Waals surface area contributed by atoms with E-state index in [4.69, 9.17) is 10.2 Å². The van der Waals surface area contributed by atoms with Gasteiger partial charge in [-0.15, -0.1) is 0 Å². The van der Waals surface area contributed by atoms with Gasteiger partial charge in [0.2, 0.25) is 0 Å². The molecular formula is C28H30N2O3. The second kappa shape index (κ2) is 10.6. The zero-order valence-corrected chi connectivity index (χ0v) is 18.8. The number of aryl methyl sites for hydroxylation is 2. The predicted molar refractivity (Wildman–Crippen MR) is 133 cm³/mol. The maximum atomic E-state index is 12.9. The van der Waals surface area contributed by atoms with Gasteiger partial charge in [0.25, 0.3) is 5.91 Å². The molecule has 0 heterocycles. The van der Waals surface area contributed by atoms with Gasteiger partial charge in [-0.3, -0.25) is 4.79 Å². The highest BCUT2D eigenvalue weighted by Gasteiger charge is 2.17. The summed E-state index contributed by atoms with van der Waals surface area (Å²) in [5, 5.41) is 24.4. The highest BCUT2D eigenvalue weighted by molar-refractivity contribution is 6.07. The fourth-order valence-electron chi connectivity index (χ4n) is 3.96. The Labute approximate surface area is 194 Å². The molecule has 0 saturated carbocycles. The number of fused-ring (bicyclic) bond motifs is 1. The molecule has 170 valence electrons. The van der Waals surface area contributed by atoms with Gasteiger partial charge in [0.15, 0.2) is 0 Å². The average Bonchev–Trinajstić information content (AvgIpc) is 2.85. The summed E-state index contributed by atoms with van der Waals surface area (Å²) in [5.41, 5.74) is 8.46. The van der Waals surface area contributed by atoms with Crippen LogP contribution in [-0.4, -0.2) is 35.4 Å². The molecule has 0 aliphatic heterocycles. The first-order valence-electron chi connectivity index (χ1n) is 11.3. The molecule has 0 fully saturated rings. The van der Waals surface area contributed by atoms with Crippen LogP contribution in [0.15, 0.2) is 72.3 Å². The molecule has 3 aromatic carbocycles. The third-order valence-corrected chi connectivity index (χ3v) is 6.06. The number of nitrogens with one attached hydrogen (secondary N) is 2. The summed E-state index contributed by atoms with van der Waals surface area (Å²) in [6.07, 6.45) is 3.58. The minimum Gasteiger partial charge on any atom is -0.395 e. The van der Waals surface area contributed by atoms with E-state index in [-0.39, 0.29) is 25.2 Å². The molecule has 0 spiro atoms. The number of aliphatic hydroxyl groups is 2. The first kappa shape index (κ1) is 22.9. The van der Waals surface area contributed by atoms with Crippen molar-refractivity contribution in [2.75, 3.05) is 18.5 Å². The Bertz CT molecular complexity index is 1130. The molecule has 5 nitrogen and oxygen atoms in total. The molecule has 1 aliphatic rings. The zero-order valence-electron chi connectivity index (χ0n) is 18.8. The van der Waals surface area contributed by atoms with Gasteiger partial charge in [-0.2, -0.15) is 0 Å². The highest BCUT2D eigenvalue weighted by atomic mass is 16.3. The van der Waals surface area contributed by atoms with E-state index in [0.717, 1.165) is 34.4 Å². The van der Waals surface area contributed by atoms with Crippen LogP contribution in [0, 0.1) is 6.92 Å². The average molecular weight is 443 g/mol. The first-order chi connectivity index (χ1) is 16.1.